The lowest BCUT2D eigenvalue weighted by atomic mass is 9.85. The molecule has 2 amide bonds. The van der Waals surface area contributed by atoms with Gasteiger partial charge in [-0.1, -0.05) is 37.6 Å². The van der Waals surface area contributed by atoms with E-state index in [1.54, 1.807) is 12.1 Å². The molecule has 0 aromatic heterocycles. The summed E-state index contributed by atoms with van der Waals surface area (Å²) in [6.07, 6.45) is 4.43. The minimum absolute atomic E-state index is 0.00317. The van der Waals surface area contributed by atoms with E-state index in [1.165, 1.54) is 24.6 Å². The average molecular weight is 507 g/mol. The number of piperidine rings is 1. The van der Waals surface area contributed by atoms with Crippen molar-refractivity contribution < 1.29 is 14.0 Å². The van der Waals surface area contributed by atoms with Gasteiger partial charge in [0.1, 0.15) is 11.7 Å². The van der Waals surface area contributed by atoms with Crippen LogP contribution in [0, 0.1) is 5.82 Å². The maximum atomic E-state index is 13.7. The number of halogens is 1. The standard InChI is InChI=1S/C30H39FN4O2/c1-5-16-30(26-9-11-27(31)12-10-26)29(37)35(22(3)33-30)19-13-21(2)34-17-14-24(15-18-34)25-7-6-8-28(20-25)32-23(4)36/h6-12,20-21,24H,5,13-19H2,1-4H3,(H,32,36). The first-order chi connectivity index (χ1) is 17.7. The molecule has 0 spiro atoms. The summed E-state index contributed by atoms with van der Waals surface area (Å²) >= 11 is 0. The molecule has 37 heavy (non-hydrogen) atoms. The summed E-state index contributed by atoms with van der Waals surface area (Å²) in [7, 11) is 0. The zero-order chi connectivity index (χ0) is 26.6. The first-order valence-corrected chi connectivity index (χ1v) is 13.5. The van der Waals surface area contributed by atoms with E-state index in [2.05, 4.69) is 29.3 Å². The summed E-state index contributed by atoms with van der Waals surface area (Å²) in [6.45, 7) is 10.4. The van der Waals surface area contributed by atoms with E-state index >= 15 is 0 Å². The molecule has 6 nitrogen and oxygen atoms in total. The first kappa shape index (κ1) is 27.0. The number of likely N-dealkylation sites (tertiary alicyclic amines) is 1. The monoisotopic (exact) mass is 506 g/mol. The molecule has 0 bridgehead atoms. The quantitative estimate of drug-likeness (QED) is 0.475. The van der Waals surface area contributed by atoms with Crippen molar-refractivity contribution in [2.24, 2.45) is 4.99 Å². The predicted octanol–water partition coefficient (Wildman–Crippen LogP) is 5.70. The van der Waals surface area contributed by atoms with Crippen molar-refractivity contribution in [1.29, 1.82) is 0 Å². The molecule has 1 N–H and O–H groups in total. The van der Waals surface area contributed by atoms with E-state index in [1.807, 2.05) is 30.9 Å². The van der Waals surface area contributed by atoms with Crippen LogP contribution in [0.15, 0.2) is 53.5 Å². The van der Waals surface area contributed by atoms with Gasteiger partial charge in [-0.25, -0.2) is 4.39 Å². The molecule has 1 fully saturated rings. The number of amides is 2. The largest absolute Gasteiger partial charge is 0.326 e. The van der Waals surface area contributed by atoms with E-state index in [-0.39, 0.29) is 17.6 Å². The Labute approximate surface area is 219 Å². The molecule has 0 radical (unpaired) electrons. The number of rotatable bonds is 9. The number of benzene rings is 2. The minimum atomic E-state index is -0.945. The Hall–Kier alpha value is -3.06. The van der Waals surface area contributed by atoms with Crippen LogP contribution >= 0.6 is 0 Å². The fourth-order valence-corrected chi connectivity index (χ4v) is 5.85. The van der Waals surface area contributed by atoms with E-state index < -0.39 is 5.54 Å². The molecule has 7 heteroatoms. The molecule has 2 aliphatic heterocycles. The van der Waals surface area contributed by atoms with Gasteiger partial charge in [-0.2, -0.15) is 0 Å². The van der Waals surface area contributed by atoms with Crippen molar-refractivity contribution in [3.8, 4) is 0 Å². The third-order valence-electron chi connectivity index (χ3n) is 7.88. The topological polar surface area (TPSA) is 65.0 Å². The molecule has 2 aliphatic rings. The lowest BCUT2D eigenvalue weighted by Crippen LogP contribution is -2.44. The average Bonchev–Trinajstić information content (AvgIpc) is 3.12. The molecule has 0 aliphatic carbocycles. The zero-order valence-electron chi connectivity index (χ0n) is 22.5. The zero-order valence-corrected chi connectivity index (χ0v) is 22.5. The smallest absolute Gasteiger partial charge is 0.260 e. The van der Waals surface area contributed by atoms with Crippen LogP contribution < -0.4 is 5.32 Å². The Kier molecular flexibility index (Phi) is 8.42. The van der Waals surface area contributed by atoms with Gasteiger partial charge in [0, 0.05) is 25.2 Å². The Morgan fingerprint density at radius 2 is 1.89 bits per heavy atom. The van der Waals surface area contributed by atoms with Crippen LogP contribution in [0.1, 0.15) is 76.8 Å². The van der Waals surface area contributed by atoms with Gasteiger partial charge in [0.2, 0.25) is 5.91 Å². The molecule has 2 aromatic rings. The molecule has 0 saturated carbocycles. The Bertz CT molecular complexity index is 1140. The second-order valence-electron chi connectivity index (χ2n) is 10.5. The number of nitrogens with zero attached hydrogens (tertiary/aromatic N) is 3. The maximum Gasteiger partial charge on any atom is 0.260 e. The molecule has 1 saturated heterocycles. The summed E-state index contributed by atoms with van der Waals surface area (Å²) in [5.74, 6) is 0.867. The molecule has 2 heterocycles. The van der Waals surface area contributed by atoms with Crippen molar-refractivity contribution in [1.82, 2.24) is 9.80 Å². The van der Waals surface area contributed by atoms with E-state index in [4.69, 9.17) is 4.99 Å². The molecule has 198 valence electrons. The van der Waals surface area contributed by atoms with Crippen molar-refractivity contribution in [3.63, 3.8) is 0 Å². The second-order valence-corrected chi connectivity index (χ2v) is 10.5. The third-order valence-corrected chi connectivity index (χ3v) is 7.88. The predicted molar refractivity (Wildman–Crippen MR) is 146 cm³/mol. The number of nitrogens with one attached hydrogen (secondary N) is 1. The fraction of sp³-hybridized carbons (Fsp3) is 0.500. The van der Waals surface area contributed by atoms with Crippen molar-refractivity contribution in [3.05, 3.63) is 65.5 Å². The Morgan fingerprint density at radius 3 is 2.54 bits per heavy atom. The highest BCUT2D eigenvalue weighted by molar-refractivity contribution is 6.07. The molecule has 2 atom stereocenters. The highest BCUT2D eigenvalue weighted by Crippen LogP contribution is 2.38. The van der Waals surface area contributed by atoms with Gasteiger partial charge in [-0.15, -0.1) is 0 Å². The van der Waals surface area contributed by atoms with Crippen molar-refractivity contribution >= 4 is 23.3 Å². The number of carbonyl (C=O) groups is 2. The summed E-state index contributed by atoms with van der Waals surface area (Å²) in [5, 5.41) is 2.88. The molecular formula is C30H39FN4O2. The Balaban J connectivity index is 1.34. The number of amidine groups is 1. The Morgan fingerprint density at radius 1 is 1.19 bits per heavy atom. The number of hydrogen-bond acceptors (Lipinski definition) is 4. The van der Waals surface area contributed by atoms with Crippen LogP contribution in [0.2, 0.25) is 0 Å². The van der Waals surface area contributed by atoms with E-state index in [9.17, 15) is 14.0 Å². The van der Waals surface area contributed by atoms with Crippen LogP contribution in [-0.4, -0.2) is 53.1 Å². The van der Waals surface area contributed by atoms with Gasteiger partial charge in [-0.05, 0) is 93.9 Å². The third kappa shape index (κ3) is 5.93. The molecule has 4 rings (SSSR count). The number of carbonyl (C=O) groups excluding carboxylic acids is 2. The van der Waals surface area contributed by atoms with Gasteiger partial charge in [0.05, 0.1) is 0 Å². The van der Waals surface area contributed by atoms with E-state index in [0.29, 0.717) is 24.9 Å². The lowest BCUT2D eigenvalue weighted by Gasteiger charge is -2.37. The van der Waals surface area contributed by atoms with Crippen LogP contribution in [0.25, 0.3) is 0 Å². The van der Waals surface area contributed by atoms with E-state index in [0.717, 1.165) is 55.9 Å². The second kappa shape index (κ2) is 11.5. The summed E-state index contributed by atoms with van der Waals surface area (Å²) in [4.78, 5) is 34.3. The van der Waals surface area contributed by atoms with Crippen LogP contribution in [0.5, 0.6) is 0 Å². The summed E-state index contributed by atoms with van der Waals surface area (Å²) in [5.41, 5.74) is 1.95. The van der Waals surface area contributed by atoms with Crippen molar-refractivity contribution in [2.75, 3.05) is 25.0 Å². The molecule has 2 aromatic carbocycles. The number of hydrogen-bond donors (Lipinski definition) is 1. The van der Waals surface area contributed by atoms with Crippen LogP contribution in [0.4, 0.5) is 10.1 Å². The summed E-state index contributed by atoms with van der Waals surface area (Å²) < 4.78 is 13.6. The van der Waals surface area contributed by atoms with Crippen LogP contribution in [-0.2, 0) is 15.1 Å². The fourth-order valence-electron chi connectivity index (χ4n) is 5.85. The number of anilines is 1. The normalized spacial score (nSPS) is 21.7. The molecular weight excluding hydrogens is 467 g/mol. The highest BCUT2D eigenvalue weighted by Gasteiger charge is 2.47. The van der Waals surface area contributed by atoms with Gasteiger partial charge in [0.25, 0.3) is 5.91 Å². The summed E-state index contributed by atoms with van der Waals surface area (Å²) in [6, 6.07) is 14.7. The van der Waals surface area contributed by atoms with Gasteiger partial charge < -0.3 is 10.2 Å². The maximum absolute atomic E-state index is 13.7. The minimum Gasteiger partial charge on any atom is -0.326 e. The lowest BCUT2D eigenvalue weighted by molar-refractivity contribution is -0.132. The highest BCUT2D eigenvalue weighted by atomic mass is 19.1. The molecule has 2 unspecified atom stereocenters. The van der Waals surface area contributed by atoms with Crippen LogP contribution in [0.3, 0.4) is 0 Å². The van der Waals surface area contributed by atoms with Gasteiger partial charge >= 0.3 is 0 Å². The van der Waals surface area contributed by atoms with Crippen molar-refractivity contribution in [2.45, 2.75) is 77.3 Å². The van der Waals surface area contributed by atoms with Gasteiger partial charge in [-0.3, -0.25) is 19.5 Å². The first-order valence-electron chi connectivity index (χ1n) is 13.5. The van der Waals surface area contributed by atoms with Gasteiger partial charge in [0.15, 0.2) is 5.54 Å². The number of aliphatic imine (C=N–C) groups is 1. The SMILES string of the molecule is CCCC1(c2ccc(F)cc2)N=C(C)N(CCC(C)N2CCC(c3cccc(NC(C)=O)c3)CC2)C1=O.